The zero-order chi connectivity index (χ0) is 19.0. The number of amides is 1. The summed E-state index contributed by atoms with van der Waals surface area (Å²) in [7, 11) is 0. The summed E-state index contributed by atoms with van der Waals surface area (Å²) in [6, 6.07) is 5.37. The summed E-state index contributed by atoms with van der Waals surface area (Å²) >= 11 is 0. The van der Waals surface area contributed by atoms with Crippen LogP contribution in [0.3, 0.4) is 0 Å². The Morgan fingerprint density at radius 1 is 1.37 bits per heavy atom. The Hall–Kier alpha value is -3.82. The number of H-pyrrole nitrogens is 1. The number of carbonyl (C=O) groups is 2. The van der Waals surface area contributed by atoms with Crippen molar-refractivity contribution in [1.82, 2.24) is 20.3 Å². The number of benzene rings is 1. The van der Waals surface area contributed by atoms with Crippen LogP contribution in [0.4, 0.5) is 5.69 Å². The van der Waals surface area contributed by atoms with E-state index in [0.29, 0.717) is 12.2 Å². The summed E-state index contributed by atoms with van der Waals surface area (Å²) in [5.74, 6) is 0.172. The van der Waals surface area contributed by atoms with E-state index in [1.165, 1.54) is 6.20 Å². The molecule has 3 heterocycles. The number of nitrogens with zero attached hydrogens (tertiary/aromatic N) is 3. The molecule has 3 aromatic rings. The van der Waals surface area contributed by atoms with Gasteiger partial charge in [-0.25, -0.2) is 9.97 Å². The quantitative estimate of drug-likeness (QED) is 0.523. The molecule has 0 aliphatic carbocycles. The minimum absolute atomic E-state index is 0.000373. The number of nitrogens with one attached hydrogen (secondary N) is 2. The maximum absolute atomic E-state index is 12.5. The number of nitro groups is 1. The lowest BCUT2D eigenvalue weighted by molar-refractivity contribution is -0.383. The van der Waals surface area contributed by atoms with Crippen molar-refractivity contribution < 1.29 is 19.2 Å². The molecule has 1 aliphatic heterocycles. The Kier molecular flexibility index (Phi) is 3.99. The zero-order valence-corrected chi connectivity index (χ0v) is 13.9. The highest BCUT2D eigenvalue weighted by Crippen LogP contribution is 2.25. The molecule has 0 saturated heterocycles. The standard InChI is InChI=1S/C17H13N5O5/c23-11-4-10-3-9(1-2-13(10)27-7-11)5-19-17(24)16-15-14(20-8-21-16)12(6-18-15)22(25)26/h1-3,6,8,18H,4-5,7H2,(H,19,24). The number of carbonyl (C=O) groups excluding carboxylic acids is 2. The van der Waals surface area contributed by atoms with Crippen molar-refractivity contribution in [2.45, 2.75) is 13.0 Å². The minimum Gasteiger partial charge on any atom is -0.486 e. The molecule has 136 valence electrons. The van der Waals surface area contributed by atoms with Crippen LogP contribution in [0, 0.1) is 10.1 Å². The molecule has 0 bridgehead atoms. The molecule has 0 radical (unpaired) electrons. The fraction of sp³-hybridized carbons (Fsp3) is 0.176. The van der Waals surface area contributed by atoms with Crippen molar-refractivity contribution in [3.8, 4) is 5.75 Å². The fourth-order valence-electron chi connectivity index (χ4n) is 2.95. The van der Waals surface area contributed by atoms with Crippen LogP contribution >= 0.6 is 0 Å². The number of hydrogen-bond donors (Lipinski definition) is 2. The first-order valence-electron chi connectivity index (χ1n) is 8.04. The van der Waals surface area contributed by atoms with Crippen LogP contribution in [0.1, 0.15) is 21.6 Å². The van der Waals surface area contributed by atoms with E-state index in [9.17, 15) is 19.7 Å². The first kappa shape index (κ1) is 16.6. The number of Topliss-reactive ketones (excluding diaryl/α,β-unsaturated/α-hetero) is 1. The fourth-order valence-corrected chi connectivity index (χ4v) is 2.95. The number of rotatable bonds is 4. The molecule has 1 aromatic carbocycles. The first-order chi connectivity index (χ1) is 13.0. The maximum atomic E-state index is 12.5. The Morgan fingerprint density at radius 2 is 2.22 bits per heavy atom. The third-order valence-corrected chi connectivity index (χ3v) is 4.21. The molecule has 0 fully saturated rings. The number of aromatic nitrogens is 3. The molecule has 2 N–H and O–H groups in total. The third kappa shape index (κ3) is 3.08. The van der Waals surface area contributed by atoms with E-state index >= 15 is 0 Å². The predicted molar refractivity (Wildman–Crippen MR) is 92.4 cm³/mol. The Labute approximate surface area is 151 Å². The molecule has 0 saturated carbocycles. The van der Waals surface area contributed by atoms with E-state index in [1.807, 2.05) is 6.07 Å². The molecule has 2 aromatic heterocycles. The van der Waals surface area contributed by atoms with Gasteiger partial charge in [0.15, 0.2) is 17.0 Å². The molecule has 0 spiro atoms. The molecule has 0 atom stereocenters. The van der Waals surface area contributed by atoms with Gasteiger partial charge in [-0.05, 0) is 17.7 Å². The van der Waals surface area contributed by atoms with E-state index in [-0.39, 0.29) is 41.3 Å². The number of aromatic amines is 1. The number of fused-ring (bicyclic) bond motifs is 2. The topological polar surface area (TPSA) is 140 Å². The third-order valence-electron chi connectivity index (χ3n) is 4.21. The van der Waals surface area contributed by atoms with Crippen LogP contribution in [-0.2, 0) is 17.8 Å². The van der Waals surface area contributed by atoms with Gasteiger partial charge in [0.05, 0.1) is 11.1 Å². The molecule has 0 unspecified atom stereocenters. The first-order valence-corrected chi connectivity index (χ1v) is 8.04. The van der Waals surface area contributed by atoms with Gasteiger partial charge in [0, 0.05) is 18.5 Å². The van der Waals surface area contributed by atoms with Crippen molar-refractivity contribution in [3.63, 3.8) is 0 Å². The normalized spacial score (nSPS) is 13.1. The number of ether oxygens (including phenoxy) is 1. The van der Waals surface area contributed by atoms with Crippen LogP contribution in [0.5, 0.6) is 5.75 Å². The lowest BCUT2D eigenvalue weighted by Gasteiger charge is -2.17. The Balaban J connectivity index is 1.54. The van der Waals surface area contributed by atoms with Gasteiger partial charge in [-0.2, -0.15) is 0 Å². The van der Waals surface area contributed by atoms with E-state index in [2.05, 4.69) is 20.3 Å². The van der Waals surface area contributed by atoms with E-state index in [0.717, 1.165) is 17.5 Å². The van der Waals surface area contributed by atoms with Gasteiger partial charge in [-0.1, -0.05) is 6.07 Å². The SMILES string of the molecule is O=C1COc2ccc(CNC(=O)c3ncnc4c([N+](=O)[O-])c[nH]c34)cc2C1. The van der Waals surface area contributed by atoms with Gasteiger partial charge in [0.1, 0.15) is 24.2 Å². The summed E-state index contributed by atoms with van der Waals surface area (Å²) in [6.45, 7) is 0.281. The highest BCUT2D eigenvalue weighted by atomic mass is 16.6. The van der Waals surface area contributed by atoms with Crippen LogP contribution in [0.25, 0.3) is 11.0 Å². The number of hydrogen-bond acceptors (Lipinski definition) is 7. The van der Waals surface area contributed by atoms with Crippen LogP contribution in [-0.4, -0.2) is 38.2 Å². The van der Waals surface area contributed by atoms with Crippen LogP contribution in [0.2, 0.25) is 0 Å². The average molecular weight is 367 g/mol. The van der Waals surface area contributed by atoms with E-state index < -0.39 is 10.8 Å². The lowest BCUT2D eigenvalue weighted by Crippen LogP contribution is -2.25. The summed E-state index contributed by atoms with van der Waals surface area (Å²) in [6.07, 6.45) is 2.59. The summed E-state index contributed by atoms with van der Waals surface area (Å²) in [4.78, 5) is 44.9. The Bertz CT molecular complexity index is 1090. The van der Waals surface area contributed by atoms with Gasteiger partial charge >= 0.3 is 5.69 Å². The monoisotopic (exact) mass is 367 g/mol. The second-order valence-electron chi connectivity index (χ2n) is 6.01. The van der Waals surface area contributed by atoms with Crippen molar-refractivity contribution in [2.24, 2.45) is 0 Å². The van der Waals surface area contributed by atoms with Gasteiger partial charge in [-0.15, -0.1) is 0 Å². The maximum Gasteiger partial charge on any atom is 0.312 e. The van der Waals surface area contributed by atoms with Crippen molar-refractivity contribution in [3.05, 3.63) is 57.7 Å². The second-order valence-corrected chi connectivity index (χ2v) is 6.01. The lowest BCUT2D eigenvalue weighted by atomic mass is 10.0. The van der Waals surface area contributed by atoms with Gasteiger partial charge in [0.2, 0.25) is 0 Å². The molecule has 10 nitrogen and oxygen atoms in total. The van der Waals surface area contributed by atoms with E-state index in [1.54, 1.807) is 12.1 Å². The van der Waals surface area contributed by atoms with Gasteiger partial charge in [-0.3, -0.25) is 19.7 Å². The summed E-state index contributed by atoms with van der Waals surface area (Å²) < 4.78 is 5.34. The summed E-state index contributed by atoms with van der Waals surface area (Å²) in [5, 5.41) is 13.7. The molecule has 4 rings (SSSR count). The van der Waals surface area contributed by atoms with Crippen molar-refractivity contribution >= 4 is 28.4 Å². The summed E-state index contributed by atoms with van der Waals surface area (Å²) in [5.41, 5.74) is 1.65. The van der Waals surface area contributed by atoms with Crippen LogP contribution in [0.15, 0.2) is 30.7 Å². The van der Waals surface area contributed by atoms with Crippen molar-refractivity contribution in [2.75, 3.05) is 6.61 Å². The average Bonchev–Trinajstić information content (AvgIpc) is 3.10. The largest absolute Gasteiger partial charge is 0.486 e. The highest BCUT2D eigenvalue weighted by Gasteiger charge is 2.22. The second kappa shape index (κ2) is 6.48. The van der Waals surface area contributed by atoms with Crippen LogP contribution < -0.4 is 10.1 Å². The molecule has 1 amide bonds. The predicted octanol–water partition coefficient (Wildman–Crippen LogP) is 1.30. The molecule has 1 aliphatic rings. The number of ketones is 1. The van der Waals surface area contributed by atoms with E-state index in [4.69, 9.17) is 4.74 Å². The van der Waals surface area contributed by atoms with Gasteiger partial charge < -0.3 is 15.0 Å². The molecule has 27 heavy (non-hydrogen) atoms. The Morgan fingerprint density at radius 3 is 3.04 bits per heavy atom. The highest BCUT2D eigenvalue weighted by molar-refractivity contribution is 6.04. The molecular formula is C17H13N5O5. The van der Waals surface area contributed by atoms with Gasteiger partial charge in [0.25, 0.3) is 5.91 Å². The molecule has 10 heteroatoms. The molecular weight excluding hydrogens is 354 g/mol. The minimum atomic E-state index is -0.579. The van der Waals surface area contributed by atoms with Crippen molar-refractivity contribution in [1.29, 1.82) is 0 Å². The smallest absolute Gasteiger partial charge is 0.312 e. The zero-order valence-electron chi connectivity index (χ0n) is 13.9.